The largest absolute Gasteiger partial charge is 0.432 e. The fraction of sp³-hybridized carbons (Fsp3) is 0.875. The lowest BCUT2D eigenvalue weighted by Gasteiger charge is -2.27. The van der Waals surface area contributed by atoms with E-state index in [-0.39, 0.29) is 12.8 Å². The third-order valence-corrected chi connectivity index (χ3v) is 2.68. The van der Waals surface area contributed by atoms with Crippen LogP contribution in [0.1, 0.15) is 12.8 Å². The predicted octanol–water partition coefficient (Wildman–Crippen LogP) is 2.89. The van der Waals surface area contributed by atoms with Crippen LogP contribution in [0.4, 0.5) is 13.2 Å². The Bertz CT molecular complexity index is 260. The van der Waals surface area contributed by atoms with Gasteiger partial charge in [-0.2, -0.15) is 13.2 Å². The molecule has 1 aliphatic heterocycles. The Morgan fingerprint density at radius 1 is 1.40 bits per heavy atom. The first-order chi connectivity index (χ1) is 6.68. The highest BCUT2D eigenvalue weighted by Crippen LogP contribution is 2.26. The number of halogens is 3. The minimum atomic E-state index is -4.38. The van der Waals surface area contributed by atoms with E-state index in [9.17, 15) is 13.2 Å². The third-order valence-electron chi connectivity index (χ3n) is 1.71. The van der Waals surface area contributed by atoms with Crippen molar-refractivity contribution in [2.75, 3.05) is 0 Å². The second-order valence-electron chi connectivity index (χ2n) is 4.34. The molecule has 3 nitrogen and oxygen atoms in total. The van der Waals surface area contributed by atoms with Gasteiger partial charge in [-0.05, 0) is 19.6 Å². The molecule has 0 fully saturated rings. The minimum absolute atomic E-state index is 0.140. The zero-order chi connectivity index (χ0) is 11.7. The molecule has 88 valence electrons. The molecule has 0 aliphatic carbocycles. The first-order valence-corrected chi connectivity index (χ1v) is 8.07. The SMILES string of the molecule is C[Si](C)(C)OC1CCC(C(F)(F)F)=NO1. The van der Waals surface area contributed by atoms with Crippen molar-refractivity contribution in [3.8, 4) is 0 Å². The van der Waals surface area contributed by atoms with Crippen molar-refractivity contribution in [2.24, 2.45) is 5.16 Å². The van der Waals surface area contributed by atoms with Gasteiger partial charge in [0.05, 0.1) is 0 Å². The molecule has 0 saturated heterocycles. The van der Waals surface area contributed by atoms with Crippen LogP contribution in [0.25, 0.3) is 0 Å². The van der Waals surface area contributed by atoms with Gasteiger partial charge < -0.3 is 9.26 Å². The molecule has 1 heterocycles. The van der Waals surface area contributed by atoms with E-state index in [0.717, 1.165) is 0 Å². The van der Waals surface area contributed by atoms with Crippen molar-refractivity contribution in [1.82, 2.24) is 0 Å². The van der Waals surface area contributed by atoms with Crippen molar-refractivity contribution in [3.63, 3.8) is 0 Å². The van der Waals surface area contributed by atoms with E-state index in [0.29, 0.717) is 0 Å². The van der Waals surface area contributed by atoms with E-state index in [1.807, 2.05) is 19.6 Å². The highest BCUT2D eigenvalue weighted by molar-refractivity contribution is 6.69. The fourth-order valence-corrected chi connectivity index (χ4v) is 2.09. The monoisotopic (exact) mass is 241 g/mol. The van der Waals surface area contributed by atoms with Crippen LogP contribution < -0.4 is 0 Å². The standard InChI is InChI=1S/C8H14F3NO2Si/c1-15(2,3)14-7-5-4-6(12-13-7)8(9,10)11/h7H,4-5H2,1-3H3. The average Bonchev–Trinajstić information content (AvgIpc) is 2.00. The summed E-state index contributed by atoms with van der Waals surface area (Å²) in [5.74, 6) is 0. The van der Waals surface area contributed by atoms with Gasteiger partial charge in [-0.3, -0.25) is 0 Å². The van der Waals surface area contributed by atoms with E-state index in [4.69, 9.17) is 4.43 Å². The van der Waals surface area contributed by atoms with Crippen molar-refractivity contribution in [3.05, 3.63) is 0 Å². The van der Waals surface area contributed by atoms with Gasteiger partial charge in [0.25, 0.3) is 0 Å². The number of nitrogens with zero attached hydrogens (tertiary/aromatic N) is 1. The van der Waals surface area contributed by atoms with Crippen molar-refractivity contribution >= 4 is 14.0 Å². The highest BCUT2D eigenvalue weighted by atomic mass is 28.4. The molecule has 0 aromatic rings. The molecule has 0 aromatic heterocycles. The van der Waals surface area contributed by atoms with E-state index in [1.165, 1.54) is 0 Å². The Hall–Kier alpha value is -0.563. The maximum absolute atomic E-state index is 12.2. The molecule has 0 radical (unpaired) electrons. The van der Waals surface area contributed by atoms with Gasteiger partial charge in [0.1, 0.15) is 0 Å². The van der Waals surface area contributed by atoms with Crippen LogP contribution in [0.3, 0.4) is 0 Å². The first kappa shape index (κ1) is 12.5. The lowest BCUT2D eigenvalue weighted by Crippen LogP contribution is -2.37. The molecular weight excluding hydrogens is 227 g/mol. The van der Waals surface area contributed by atoms with Crippen LogP contribution in [0.15, 0.2) is 5.16 Å². The van der Waals surface area contributed by atoms with Gasteiger partial charge in [-0.1, -0.05) is 5.16 Å². The number of hydrogen-bond donors (Lipinski definition) is 0. The Morgan fingerprint density at radius 3 is 2.33 bits per heavy atom. The Labute approximate surface area is 87.4 Å². The Kier molecular flexibility index (Phi) is 3.44. The van der Waals surface area contributed by atoms with Crippen LogP contribution in [-0.4, -0.2) is 26.5 Å². The van der Waals surface area contributed by atoms with Crippen LogP contribution in [0.2, 0.25) is 19.6 Å². The first-order valence-electron chi connectivity index (χ1n) is 4.66. The Balaban J connectivity index is 2.52. The number of alkyl halides is 3. The van der Waals surface area contributed by atoms with Gasteiger partial charge in [0, 0.05) is 12.8 Å². The predicted molar refractivity (Wildman–Crippen MR) is 52.0 cm³/mol. The maximum atomic E-state index is 12.2. The van der Waals surface area contributed by atoms with Gasteiger partial charge >= 0.3 is 6.18 Å². The summed E-state index contributed by atoms with van der Waals surface area (Å²) in [5, 5.41) is 3.06. The van der Waals surface area contributed by atoms with Crippen molar-refractivity contribution < 1.29 is 22.4 Å². The van der Waals surface area contributed by atoms with Crippen LogP contribution >= 0.6 is 0 Å². The van der Waals surface area contributed by atoms with Gasteiger partial charge in [-0.15, -0.1) is 0 Å². The topological polar surface area (TPSA) is 30.8 Å². The van der Waals surface area contributed by atoms with Crippen molar-refractivity contribution in [1.29, 1.82) is 0 Å². The molecule has 1 unspecified atom stereocenters. The number of hydrogen-bond acceptors (Lipinski definition) is 3. The summed E-state index contributed by atoms with van der Waals surface area (Å²) in [6.07, 6.45) is -4.94. The summed E-state index contributed by atoms with van der Waals surface area (Å²) >= 11 is 0. The maximum Gasteiger partial charge on any atom is 0.432 e. The molecule has 0 aromatic carbocycles. The summed E-state index contributed by atoms with van der Waals surface area (Å²) in [5.41, 5.74) is -0.863. The lowest BCUT2D eigenvalue weighted by atomic mass is 10.2. The van der Waals surface area contributed by atoms with E-state index in [1.54, 1.807) is 0 Å². The normalized spacial score (nSPS) is 23.3. The lowest BCUT2D eigenvalue weighted by molar-refractivity contribution is -0.112. The summed E-state index contributed by atoms with van der Waals surface area (Å²) in [7, 11) is -1.79. The van der Waals surface area contributed by atoms with Crippen molar-refractivity contribution in [2.45, 2.75) is 44.9 Å². The highest BCUT2D eigenvalue weighted by Gasteiger charge is 2.39. The molecular formula is C8H14F3NO2Si. The van der Waals surface area contributed by atoms with Gasteiger partial charge in [0.2, 0.25) is 6.29 Å². The smallest absolute Gasteiger partial charge is 0.383 e. The molecule has 0 N–H and O–H groups in total. The van der Waals surface area contributed by atoms with E-state index in [2.05, 4.69) is 9.99 Å². The van der Waals surface area contributed by atoms with Crippen LogP contribution in [0, 0.1) is 0 Å². The molecule has 1 atom stereocenters. The molecule has 1 rings (SSSR count). The van der Waals surface area contributed by atoms with E-state index < -0.39 is 26.5 Å². The summed E-state index contributed by atoms with van der Waals surface area (Å²) in [6.45, 7) is 5.83. The minimum Gasteiger partial charge on any atom is -0.383 e. The summed E-state index contributed by atoms with van der Waals surface area (Å²) < 4.78 is 42.0. The third kappa shape index (κ3) is 4.21. The summed E-state index contributed by atoms with van der Waals surface area (Å²) in [6, 6.07) is 0. The van der Waals surface area contributed by atoms with Crippen LogP contribution in [-0.2, 0) is 9.26 Å². The number of oxime groups is 1. The van der Waals surface area contributed by atoms with E-state index >= 15 is 0 Å². The number of rotatable bonds is 2. The molecule has 0 amide bonds. The Morgan fingerprint density at radius 2 is 2.00 bits per heavy atom. The van der Waals surface area contributed by atoms with Crippen LogP contribution in [0.5, 0.6) is 0 Å². The molecule has 0 bridgehead atoms. The molecule has 1 aliphatic rings. The van der Waals surface area contributed by atoms with Gasteiger partial charge in [-0.25, -0.2) is 0 Å². The molecule has 7 heteroatoms. The molecule has 15 heavy (non-hydrogen) atoms. The fourth-order valence-electron chi connectivity index (χ4n) is 1.14. The zero-order valence-corrected chi connectivity index (χ0v) is 9.89. The molecule has 0 spiro atoms. The quantitative estimate of drug-likeness (QED) is 0.696. The zero-order valence-electron chi connectivity index (χ0n) is 8.89. The second-order valence-corrected chi connectivity index (χ2v) is 8.80. The average molecular weight is 241 g/mol. The second kappa shape index (κ2) is 4.13. The van der Waals surface area contributed by atoms with Gasteiger partial charge in [0.15, 0.2) is 14.0 Å². The molecule has 0 saturated carbocycles. The summed E-state index contributed by atoms with van der Waals surface area (Å²) in [4.78, 5) is 4.67.